The number of fused-ring (bicyclic) bond motifs is 2. The Labute approximate surface area is 180 Å². The summed E-state index contributed by atoms with van der Waals surface area (Å²) in [5.41, 5.74) is 4.36. The number of ether oxygens (including phenoxy) is 1. The van der Waals surface area contributed by atoms with Crippen LogP contribution < -0.4 is 10.2 Å². The fourth-order valence-electron chi connectivity index (χ4n) is 4.12. The van der Waals surface area contributed by atoms with Gasteiger partial charge in [-0.2, -0.15) is 0 Å². The summed E-state index contributed by atoms with van der Waals surface area (Å²) in [6.07, 6.45) is 4.56. The van der Waals surface area contributed by atoms with Crippen LogP contribution in [0.25, 0.3) is 0 Å². The molecule has 0 spiro atoms. The molecule has 7 nitrogen and oxygen atoms in total. The zero-order valence-electron chi connectivity index (χ0n) is 17.3. The summed E-state index contributed by atoms with van der Waals surface area (Å²) in [4.78, 5) is 49.6. The van der Waals surface area contributed by atoms with Crippen LogP contribution in [0.2, 0.25) is 0 Å². The molecule has 0 saturated heterocycles. The molecule has 0 bridgehead atoms. The SMILES string of the molecule is C[C@@H](NC(=O)COC(=O)CN1C(=O)C(=O)c2ccccc21)c1ccc2c(c1)CCCC2. The Morgan fingerprint density at radius 1 is 1.06 bits per heavy atom. The first kappa shape index (κ1) is 20.8. The van der Waals surface area contributed by atoms with Crippen LogP contribution in [-0.4, -0.2) is 36.7 Å². The van der Waals surface area contributed by atoms with Crippen molar-refractivity contribution in [2.24, 2.45) is 0 Å². The average molecular weight is 420 g/mol. The zero-order chi connectivity index (χ0) is 22.0. The van der Waals surface area contributed by atoms with Gasteiger partial charge in [0.1, 0.15) is 6.54 Å². The molecule has 0 unspecified atom stereocenters. The summed E-state index contributed by atoms with van der Waals surface area (Å²) in [5, 5.41) is 2.83. The third kappa shape index (κ3) is 4.35. The van der Waals surface area contributed by atoms with Crippen LogP contribution in [0, 0.1) is 0 Å². The van der Waals surface area contributed by atoms with Gasteiger partial charge in [-0.05, 0) is 61.4 Å². The highest BCUT2D eigenvalue weighted by Crippen LogP contribution is 2.28. The van der Waals surface area contributed by atoms with Gasteiger partial charge in [-0.1, -0.05) is 30.3 Å². The molecule has 0 radical (unpaired) electrons. The number of nitrogens with one attached hydrogen (secondary N) is 1. The van der Waals surface area contributed by atoms with Crippen molar-refractivity contribution < 1.29 is 23.9 Å². The van der Waals surface area contributed by atoms with E-state index in [1.54, 1.807) is 18.2 Å². The van der Waals surface area contributed by atoms with Gasteiger partial charge in [0.15, 0.2) is 6.61 Å². The maximum absolute atomic E-state index is 12.2. The normalized spacial score (nSPS) is 15.8. The van der Waals surface area contributed by atoms with E-state index in [1.807, 2.05) is 13.0 Å². The Kier molecular flexibility index (Phi) is 5.84. The molecule has 0 aromatic heterocycles. The second-order valence-corrected chi connectivity index (χ2v) is 7.92. The number of anilines is 1. The standard InChI is InChI=1S/C24H24N2O5/c1-15(17-11-10-16-6-2-3-7-18(16)12-17)25-21(27)14-31-22(28)13-26-20-9-5-4-8-19(20)23(29)24(26)30/h4-5,8-12,15H,2-3,6-7,13-14H2,1H3,(H,25,27)/t15-/m1/s1. The number of esters is 1. The molecule has 1 heterocycles. The number of carbonyl (C=O) groups excluding carboxylic acids is 4. The molecule has 160 valence electrons. The molecule has 1 aliphatic heterocycles. The van der Waals surface area contributed by atoms with Gasteiger partial charge in [0.05, 0.1) is 17.3 Å². The molecule has 1 N–H and O–H groups in total. The third-order valence-corrected chi connectivity index (χ3v) is 5.78. The largest absolute Gasteiger partial charge is 0.454 e. The Balaban J connectivity index is 1.29. The summed E-state index contributed by atoms with van der Waals surface area (Å²) >= 11 is 0. The molecule has 31 heavy (non-hydrogen) atoms. The minimum absolute atomic E-state index is 0.219. The average Bonchev–Trinajstić information content (AvgIpc) is 3.02. The minimum atomic E-state index is -0.774. The number of benzene rings is 2. The van der Waals surface area contributed by atoms with E-state index in [-0.39, 0.29) is 11.6 Å². The third-order valence-electron chi connectivity index (χ3n) is 5.78. The molecule has 1 aliphatic carbocycles. The predicted molar refractivity (Wildman–Crippen MR) is 114 cm³/mol. The summed E-state index contributed by atoms with van der Waals surface area (Å²) in [6, 6.07) is 12.5. The molecule has 0 saturated carbocycles. The molecular weight excluding hydrogens is 396 g/mol. The first-order valence-electron chi connectivity index (χ1n) is 10.5. The van der Waals surface area contributed by atoms with E-state index in [4.69, 9.17) is 4.74 Å². The maximum atomic E-state index is 12.2. The van der Waals surface area contributed by atoms with Gasteiger partial charge in [0.25, 0.3) is 17.6 Å². The van der Waals surface area contributed by atoms with E-state index in [0.29, 0.717) is 5.69 Å². The van der Waals surface area contributed by atoms with E-state index in [2.05, 4.69) is 17.4 Å². The van der Waals surface area contributed by atoms with Crippen LogP contribution in [-0.2, 0) is 32.0 Å². The lowest BCUT2D eigenvalue weighted by Crippen LogP contribution is -2.37. The van der Waals surface area contributed by atoms with Crippen molar-refractivity contribution in [2.45, 2.75) is 38.6 Å². The zero-order valence-corrected chi connectivity index (χ0v) is 17.3. The Hall–Kier alpha value is -3.48. The lowest BCUT2D eigenvalue weighted by molar-refractivity contribution is -0.147. The van der Waals surface area contributed by atoms with E-state index in [1.165, 1.54) is 30.0 Å². The summed E-state index contributed by atoms with van der Waals surface area (Å²) < 4.78 is 5.04. The quantitative estimate of drug-likeness (QED) is 0.573. The van der Waals surface area contributed by atoms with Crippen molar-refractivity contribution in [3.63, 3.8) is 0 Å². The van der Waals surface area contributed by atoms with E-state index in [9.17, 15) is 19.2 Å². The molecule has 2 aliphatic rings. The van der Waals surface area contributed by atoms with Crippen molar-refractivity contribution >= 4 is 29.3 Å². The van der Waals surface area contributed by atoms with E-state index >= 15 is 0 Å². The lowest BCUT2D eigenvalue weighted by atomic mass is 9.89. The molecule has 7 heteroatoms. The first-order chi connectivity index (χ1) is 14.9. The Bertz CT molecular complexity index is 1060. The number of ketones is 1. The van der Waals surface area contributed by atoms with Crippen LogP contribution >= 0.6 is 0 Å². The van der Waals surface area contributed by atoms with Crippen molar-refractivity contribution in [1.29, 1.82) is 0 Å². The van der Waals surface area contributed by atoms with Gasteiger partial charge in [-0.3, -0.25) is 24.1 Å². The molecule has 2 aromatic rings. The van der Waals surface area contributed by atoms with Crippen molar-refractivity contribution in [2.75, 3.05) is 18.1 Å². The summed E-state index contributed by atoms with van der Waals surface area (Å²) in [5.74, 6) is -2.61. The smallest absolute Gasteiger partial charge is 0.326 e. The topological polar surface area (TPSA) is 92.8 Å². The number of para-hydroxylation sites is 1. The Morgan fingerprint density at radius 3 is 2.61 bits per heavy atom. The predicted octanol–water partition coefficient (Wildman–Crippen LogP) is 2.52. The number of carbonyl (C=O) groups is 4. The van der Waals surface area contributed by atoms with Gasteiger partial charge in [-0.25, -0.2) is 0 Å². The highest BCUT2D eigenvalue weighted by molar-refractivity contribution is 6.52. The Morgan fingerprint density at radius 2 is 1.81 bits per heavy atom. The van der Waals surface area contributed by atoms with Gasteiger partial charge in [0.2, 0.25) is 0 Å². The molecule has 0 fully saturated rings. The highest BCUT2D eigenvalue weighted by atomic mass is 16.5. The second kappa shape index (κ2) is 8.71. The minimum Gasteiger partial charge on any atom is -0.454 e. The number of aryl methyl sites for hydroxylation is 2. The number of hydrogen-bond donors (Lipinski definition) is 1. The van der Waals surface area contributed by atoms with Crippen molar-refractivity contribution in [3.05, 3.63) is 64.7 Å². The molecule has 2 aromatic carbocycles. The number of rotatable bonds is 6. The van der Waals surface area contributed by atoms with E-state index < -0.39 is 36.7 Å². The van der Waals surface area contributed by atoms with Gasteiger partial charge >= 0.3 is 5.97 Å². The van der Waals surface area contributed by atoms with Gasteiger partial charge in [0, 0.05) is 0 Å². The molecule has 4 rings (SSSR count). The van der Waals surface area contributed by atoms with Crippen LogP contribution in [0.4, 0.5) is 5.69 Å². The number of Topliss-reactive ketones (excluding diaryl/α,β-unsaturated/α-hetero) is 1. The molecule has 1 atom stereocenters. The fourth-order valence-corrected chi connectivity index (χ4v) is 4.12. The summed E-state index contributed by atoms with van der Waals surface area (Å²) in [6.45, 7) is 1.01. The highest BCUT2D eigenvalue weighted by Gasteiger charge is 2.36. The maximum Gasteiger partial charge on any atom is 0.326 e. The fraction of sp³-hybridized carbons (Fsp3) is 0.333. The van der Waals surface area contributed by atoms with Crippen molar-refractivity contribution in [1.82, 2.24) is 5.32 Å². The number of hydrogen-bond acceptors (Lipinski definition) is 5. The van der Waals surface area contributed by atoms with E-state index in [0.717, 1.165) is 23.3 Å². The second-order valence-electron chi connectivity index (χ2n) is 7.92. The first-order valence-corrected chi connectivity index (χ1v) is 10.5. The van der Waals surface area contributed by atoms with Crippen LogP contribution in [0.3, 0.4) is 0 Å². The number of nitrogens with zero attached hydrogens (tertiary/aromatic N) is 1. The van der Waals surface area contributed by atoms with Gasteiger partial charge < -0.3 is 10.1 Å². The summed E-state index contributed by atoms with van der Waals surface area (Å²) in [7, 11) is 0. The monoisotopic (exact) mass is 420 g/mol. The lowest BCUT2D eigenvalue weighted by Gasteiger charge is -2.20. The van der Waals surface area contributed by atoms with Crippen molar-refractivity contribution in [3.8, 4) is 0 Å². The van der Waals surface area contributed by atoms with Gasteiger partial charge in [-0.15, -0.1) is 0 Å². The van der Waals surface area contributed by atoms with Crippen LogP contribution in [0.15, 0.2) is 42.5 Å². The number of amides is 2. The molecular formula is C24H24N2O5. The van der Waals surface area contributed by atoms with Crippen LogP contribution in [0.1, 0.15) is 52.9 Å². The van der Waals surface area contributed by atoms with Crippen LogP contribution in [0.5, 0.6) is 0 Å². The molecule has 2 amide bonds.